The van der Waals surface area contributed by atoms with E-state index in [1.807, 2.05) is 36.4 Å². The maximum atomic E-state index is 9.36. The van der Waals surface area contributed by atoms with Gasteiger partial charge in [0.15, 0.2) is 11.5 Å². The van der Waals surface area contributed by atoms with Crippen LogP contribution in [-0.2, 0) is 19.7 Å². The van der Waals surface area contributed by atoms with Crippen LogP contribution >= 0.6 is 0 Å². The van der Waals surface area contributed by atoms with Crippen molar-refractivity contribution in [2.75, 3.05) is 20.3 Å². The number of fused-ring (bicyclic) bond motifs is 1. The highest BCUT2D eigenvalue weighted by Crippen LogP contribution is 2.40. The molecule has 0 saturated carbocycles. The number of rotatable bonds is 6. The predicted octanol–water partition coefficient (Wildman–Crippen LogP) is 2.25. The molecule has 122 valence electrons. The van der Waals surface area contributed by atoms with Crippen molar-refractivity contribution in [1.29, 1.82) is 0 Å². The highest BCUT2D eigenvalue weighted by molar-refractivity contribution is 5.54. The Morgan fingerprint density at radius 2 is 1.87 bits per heavy atom. The SMILES string of the molecule is COc1cc(CNCc2ccccc2CO)cc2c1OCCO2. The van der Waals surface area contributed by atoms with E-state index < -0.39 is 0 Å². The number of aliphatic hydroxyl groups excluding tert-OH is 1. The molecule has 0 fully saturated rings. The third-order valence-corrected chi connectivity index (χ3v) is 3.82. The third kappa shape index (κ3) is 3.57. The molecule has 0 atom stereocenters. The standard InChI is InChI=1S/C18H21NO4/c1-21-16-8-13(9-17-18(16)23-7-6-22-17)10-19-11-14-4-2-3-5-15(14)12-20/h2-5,8-9,19-20H,6-7,10-12H2,1H3. The lowest BCUT2D eigenvalue weighted by molar-refractivity contribution is 0.165. The minimum absolute atomic E-state index is 0.0513. The van der Waals surface area contributed by atoms with Crippen molar-refractivity contribution in [3.8, 4) is 17.2 Å². The van der Waals surface area contributed by atoms with Gasteiger partial charge in [-0.15, -0.1) is 0 Å². The predicted molar refractivity (Wildman–Crippen MR) is 86.9 cm³/mol. The molecule has 2 N–H and O–H groups in total. The number of aliphatic hydroxyl groups is 1. The van der Waals surface area contributed by atoms with Crippen molar-refractivity contribution in [3.05, 3.63) is 53.1 Å². The van der Waals surface area contributed by atoms with Gasteiger partial charge in [-0.05, 0) is 28.8 Å². The van der Waals surface area contributed by atoms with Crippen LogP contribution in [0, 0.1) is 0 Å². The van der Waals surface area contributed by atoms with Gasteiger partial charge >= 0.3 is 0 Å². The average molecular weight is 315 g/mol. The smallest absolute Gasteiger partial charge is 0.203 e. The van der Waals surface area contributed by atoms with Crippen LogP contribution in [0.15, 0.2) is 36.4 Å². The normalized spacial score (nSPS) is 13.0. The first-order valence-electron chi connectivity index (χ1n) is 7.66. The summed E-state index contributed by atoms with van der Waals surface area (Å²) < 4.78 is 16.6. The number of nitrogens with one attached hydrogen (secondary N) is 1. The second-order valence-corrected chi connectivity index (χ2v) is 5.35. The molecule has 5 heteroatoms. The number of methoxy groups -OCH3 is 1. The molecule has 2 aromatic rings. The van der Waals surface area contributed by atoms with Crippen LogP contribution in [0.5, 0.6) is 17.2 Å². The van der Waals surface area contributed by atoms with Crippen molar-refractivity contribution < 1.29 is 19.3 Å². The Morgan fingerprint density at radius 1 is 1.09 bits per heavy atom. The zero-order valence-electron chi connectivity index (χ0n) is 13.2. The Labute approximate surface area is 135 Å². The van der Waals surface area contributed by atoms with E-state index in [2.05, 4.69) is 5.32 Å². The first-order chi connectivity index (χ1) is 11.3. The molecule has 2 aromatic carbocycles. The van der Waals surface area contributed by atoms with Crippen LogP contribution < -0.4 is 19.5 Å². The minimum Gasteiger partial charge on any atom is -0.493 e. The molecule has 0 radical (unpaired) electrons. The summed E-state index contributed by atoms with van der Waals surface area (Å²) in [5, 5.41) is 12.7. The number of hydrogen-bond donors (Lipinski definition) is 2. The third-order valence-electron chi connectivity index (χ3n) is 3.82. The topological polar surface area (TPSA) is 60.0 Å². The van der Waals surface area contributed by atoms with Gasteiger partial charge in [0.1, 0.15) is 13.2 Å². The van der Waals surface area contributed by atoms with Crippen molar-refractivity contribution in [3.63, 3.8) is 0 Å². The van der Waals surface area contributed by atoms with Gasteiger partial charge in [-0.1, -0.05) is 24.3 Å². The van der Waals surface area contributed by atoms with E-state index in [1.54, 1.807) is 7.11 Å². The molecule has 0 aliphatic carbocycles. The molecule has 0 aromatic heterocycles. The average Bonchev–Trinajstić information content (AvgIpc) is 2.61. The lowest BCUT2D eigenvalue weighted by Gasteiger charge is -2.21. The molecule has 0 bridgehead atoms. The minimum atomic E-state index is 0.0513. The zero-order valence-corrected chi connectivity index (χ0v) is 13.2. The number of hydrogen-bond acceptors (Lipinski definition) is 5. The Hall–Kier alpha value is -2.24. The van der Waals surface area contributed by atoms with Gasteiger partial charge in [-0.25, -0.2) is 0 Å². The molecule has 0 amide bonds. The molecule has 1 heterocycles. The molecule has 1 aliphatic heterocycles. The summed E-state index contributed by atoms with van der Waals surface area (Å²) in [5.74, 6) is 2.09. The van der Waals surface area contributed by atoms with Crippen molar-refractivity contribution in [2.24, 2.45) is 0 Å². The fraction of sp³-hybridized carbons (Fsp3) is 0.333. The summed E-state index contributed by atoms with van der Waals surface area (Å²) in [4.78, 5) is 0. The van der Waals surface area contributed by atoms with Gasteiger partial charge in [0, 0.05) is 13.1 Å². The Bertz CT molecular complexity index is 655. The zero-order chi connectivity index (χ0) is 16.1. The van der Waals surface area contributed by atoms with Gasteiger partial charge in [-0.3, -0.25) is 0 Å². The molecule has 5 nitrogen and oxygen atoms in total. The van der Waals surface area contributed by atoms with Crippen LogP contribution in [-0.4, -0.2) is 25.4 Å². The lowest BCUT2D eigenvalue weighted by Crippen LogP contribution is -2.18. The summed E-state index contributed by atoms with van der Waals surface area (Å²) in [6, 6.07) is 11.8. The molecule has 23 heavy (non-hydrogen) atoms. The number of ether oxygens (including phenoxy) is 3. The molecule has 0 saturated heterocycles. The van der Waals surface area contributed by atoms with Crippen LogP contribution in [0.2, 0.25) is 0 Å². The van der Waals surface area contributed by atoms with Crippen molar-refractivity contribution in [1.82, 2.24) is 5.32 Å². The van der Waals surface area contributed by atoms with Gasteiger partial charge in [0.25, 0.3) is 0 Å². The van der Waals surface area contributed by atoms with Crippen LogP contribution in [0.25, 0.3) is 0 Å². The Morgan fingerprint density at radius 3 is 2.65 bits per heavy atom. The quantitative estimate of drug-likeness (QED) is 0.856. The Balaban J connectivity index is 1.68. The van der Waals surface area contributed by atoms with E-state index >= 15 is 0 Å². The first kappa shape index (κ1) is 15.6. The summed E-state index contributed by atoms with van der Waals surface area (Å²) in [7, 11) is 1.63. The van der Waals surface area contributed by atoms with Gasteiger partial charge < -0.3 is 24.6 Å². The summed E-state index contributed by atoms with van der Waals surface area (Å²) >= 11 is 0. The van der Waals surface area contributed by atoms with Crippen LogP contribution in [0.3, 0.4) is 0 Å². The maximum absolute atomic E-state index is 9.36. The van der Waals surface area contributed by atoms with E-state index in [-0.39, 0.29) is 6.61 Å². The summed E-state index contributed by atoms with van der Waals surface area (Å²) in [6.07, 6.45) is 0. The molecule has 1 aliphatic rings. The van der Waals surface area contributed by atoms with E-state index in [4.69, 9.17) is 14.2 Å². The van der Waals surface area contributed by atoms with Crippen LogP contribution in [0.4, 0.5) is 0 Å². The van der Waals surface area contributed by atoms with Crippen molar-refractivity contribution in [2.45, 2.75) is 19.7 Å². The van der Waals surface area contributed by atoms with Gasteiger partial charge in [-0.2, -0.15) is 0 Å². The second kappa shape index (κ2) is 7.35. The Kier molecular flexibility index (Phi) is 5.00. The monoisotopic (exact) mass is 315 g/mol. The van der Waals surface area contributed by atoms with E-state index in [9.17, 15) is 5.11 Å². The summed E-state index contributed by atoms with van der Waals surface area (Å²) in [5.41, 5.74) is 3.10. The fourth-order valence-corrected chi connectivity index (χ4v) is 2.66. The first-order valence-corrected chi connectivity index (χ1v) is 7.66. The van der Waals surface area contributed by atoms with Crippen LogP contribution in [0.1, 0.15) is 16.7 Å². The lowest BCUT2D eigenvalue weighted by atomic mass is 10.1. The van der Waals surface area contributed by atoms with E-state index in [0.29, 0.717) is 37.8 Å². The van der Waals surface area contributed by atoms with E-state index in [1.165, 1.54) is 0 Å². The molecule has 0 spiro atoms. The largest absolute Gasteiger partial charge is 0.493 e. The second-order valence-electron chi connectivity index (χ2n) is 5.35. The summed E-state index contributed by atoms with van der Waals surface area (Å²) in [6.45, 7) is 2.51. The van der Waals surface area contributed by atoms with Crippen molar-refractivity contribution >= 4 is 0 Å². The molecular formula is C18H21NO4. The highest BCUT2D eigenvalue weighted by atomic mass is 16.6. The molecular weight excluding hydrogens is 294 g/mol. The highest BCUT2D eigenvalue weighted by Gasteiger charge is 2.18. The maximum Gasteiger partial charge on any atom is 0.203 e. The van der Waals surface area contributed by atoms with Gasteiger partial charge in [0.2, 0.25) is 5.75 Å². The van der Waals surface area contributed by atoms with E-state index in [0.717, 1.165) is 22.4 Å². The molecule has 3 rings (SSSR count). The fourth-order valence-electron chi connectivity index (χ4n) is 2.66. The van der Waals surface area contributed by atoms with Gasteiger partial charge in [0.05, 0.1) is 13.7 Å². The molecule has 0 unspecified atom stereocenters. The number of benzene rings is 2.